The van der Waals surface area contributed by atoms with E-state index < -0.39 is 0 Å². The Hall–Kier alpha value is -2.68. The van der Waals surface area contributed by atoms with Crippen molar-refractivity contribution >= 4 is 0 Å². The molecule has 0 bridgehead atoms. The zero-order valence-electron chi connectivity index (χ0n) is 28.1. The van der Waals surface area contributed by atoms with Gasteiger partial charge in [-0.2, -0.15) is 0 Å². The Bertz CT molecular complexity index is 1220. The number of allylic oxidation sites excluding steroid dienone is 19. The predicted molar refractivity (Wildman–Crippen MR) is 184 cm³/mol. The van der Waals surface area contributed by atoms with Gasteiger partial charge in [0.25, 0.3) is 0 Å². The van der Waals surface area contributed by atoms with Crippen molar-refractivity contribution in [3.05, 3.63) is 119 Å². The predicted octanol–water partition coefficient (Wildman–Crippen LogP) is 10.5. The first-order valence-corrected chi connectivity index (χ1v) is 15.7. The zero-order chi connectivity index (χ0) is 31.5. The Kier molecular flexibility index (Phi) is 13.7. The maximum Gasteiger partial charge on any atom is 0.0585 e. The average Bonchev–Trinajstić information content (AvgIpc) is 2.84. The van der Waals surface area contributed by atoms with Crippen LogP contribution in [0.25, 0.3) is 0 Å². The van der Waals surface area contributed by atoms with E-state index in [9.17, 15) is 10.2 Å². The Labute approximate surface area is 258 Å². The fourth-order valence-corrected chi connectivity index (χ4v) is 6.61. The first kappa shape index (κ1) is 35.5. The molecule has 2 aliphatic carbocycles. The van der Waals surface area contributed by atoms with Crippen LogP contribution in [0.15, 0.2) is 119 Å². The van der Waals surface area contributed by atoms with Crippen molar-refractivity contribution in [1.29, 1.82) is 0 Å². The molecule has 0 radical (unpaired) electrons. The molecule has 0 saturated heterocycles. The van der Waals surface area contributed by atoms with Crippen molar-refractivity contribution in [2.24, 2.45) is 22.7 Å². The molecule has 0 aromatic rings. The molecule has 2 heteroatoms. The maximum absolute atomic E-state index is 10.1. The SMILES string of the molecule is CC(C=CC=C(C)C=CC1=C(C)C[C@@H](O)CC1(C)C)=CC=CC=C(C)C=CC=C(C)C=C[C@H]1C(C)C[C@@H](O)CC1(C)C. The largest absolute Gasteiger partial charge is 0.393 e. The first-order chi connectivity index (χ1) is 19.6. The molecule has 2 rings (SSSR count). The molecule has 1 unspecified atom stereocenters. The highest BCUT2D eigenvalue weighted by Crippen LogP contribution is 2.45. The second-order valence-electron chi connectivity index (χ2n) is 14.2. The van der Waals surface area contributed by atoms with Crippen LogP contribution in [0.5, 0.6) is 0 Å². The molecule has 0 aliphatic heterocycles. The van der Waals surface area contributed by atoms with Crippen LogP contribution >= 0.6 is 0 Å². The summed E-state index contributed by atoms with van der Waals surface area (Å²) in [6.45, 7) is 21.9. The lowest BCUT2D eigenvalue weighted by molar-refractivity contribution is 0.00771. The molecule has 2 aliphatic rings. The fraction of sp³-hybridized carbons (Fsp3) is 0.500. The number of aliphatic hydroxyl groups excluding tert-OH is 2. The Morgan fingerprint density at radius 1 is 0.690 bits per heavy atom. The lowest BCUT2D eigenvalue weighted by Crippen LogP contribution is -2.38. The molecule has 42 heavy (non-hydrogen) atoms. The van der Waals surface area contributed by atoms with E-state index in [4.69, 9.17) is 0 Å². The average molecular weight is 571 g/mol. The van der Waals surface area contributed by atoms with Crippen LogP contribution in [0.2, 0.25) is 0 Å². The van der Waals surface area contributed by atoms with Crippen LogP contribution in [0.3, 0.4) is 0 Å². The number of hydrogen-bond acceptors (Lipinski definition) is 2. The molecular formula is C40H58O2. The third kappa shape index (κ3) is 11.9. The summed E-state index contributed by atoms with van der Waals surface area (Å²) in [4.78, 5) is 0. The first-order valence-electron chi connectivity index (χ1n) is 15.7. The molecule has 4 atom stereocenters. The summed E-state index contributed by atoms with van der Waals surface area (Å²) >= 11 is 0. The standard InChI is InChI=1S/C40H58O2/c1-29(17-13-19-31(3)21-23-37-33(5)25-35(41)27-39(37,7)8)15-11-12-16-30(2)18-14-20-32(4)22-24-38-34(6)26-36(42)28-40(38,9)10/h11-24,33,35-37,41-42H,25-28H2,1-10H3/t33?,35-,36-,37+/m1/s1. The highest BCUT2D eigenvalue weighted by Gasteiger charge is 2.39. The molecule has 0 amide bonds. The van der Waals surface area contributed by atoms with E-state index in [2.05, 4.69) is 154 Å². The monoisotopic (exact) mass is 570 g/mol. The van der Waals surface area contributed by atoms with Crippen LogP contribution in [0, 0.1) is 22.7 Å². The quantitative estimate of drug-likeness (QED) is 0.256. The van der Waals surface area contributed by atoms with Gasteiger partial charge in [0, 0.05) is 0 Å². The molecule has 0 heterocycles. The third-order valence-electron chi connectivity index (χ3n) is 8.74. The summed E-state index contributed by atoms with van der Waals surface area (Å²) in [5, 5.41) is 20.2. The Morgan fingerprint density at radius 2 is 1.19 bits per heavy atom. The van der Waals surface area contributed by atoms with Crippen LogP contribution in [0.1, 0.15) is 94.9 Å². The number of aliphatic hydroxyl groups is 2. The van der Waals surface area contributed by atoms with Crippen LogP contribution < -0.4 is 0 Å². The van der Waals surface area contributed by atoms with Gasteiger partial charge in [-0.25, -0.2) is 0 Å². The molecule has 0 aromatic heterocycles. The second kappa shape index (κ2) is 16.2. The van der Waals surface area contributed by atoms with E-state index in [1.165, 1.54) is 33.4 Å². The lowest BCUT2D eigenvalue weighted by Gasteiger charge is -2.43. The molecule has 2 N–H and O–H groups in total. The smallest absolute Gasteiger partial charge is 0.0585 e. The van der Waals surface area contributed by atoms with Crippen LogP contribution in [-0.2, 0) is 0 Å². The highest BCUT2D eigenvalue weighted by molar-refractivity contribution is 5.38. The molecule has 230 valence electrons. The summed E-state index contributed by atoms with van der Waals surface area (Å²) in [7, 11) is 0. The summed E-state index contributed by atoms with van der Waals surface area (Å²) in [5.74, 6) is 0.982. The zero-order valence-corrected chi connectivity index (χ0v) is 28.1. The van der Waals surface area contributed by atoms with E-state index in [-0.39, 0.29) is 23.0 Å². The van der Waals surface area contributed by atoms with Gasteiger partial charge in [-0.15, -0.1) is 0 Å². The maximum atomic E-state index is 10.1. The lowest BCUT2D eigenvalue weighted by atomic mass is 9.63. The van der Waals surface area contributed by atoms with Crippen molar-refractivity contribution in [3.63, 3.8) is 0 Å². The van der Waals surface area contributed by atoms with E-state index in [0.29, 0.717) is 11.8 Å². The second-order valence-corrected chi connectivity index (χ2v) is 14.2. The van der Waals surface area contributed by atoms with Crippen molar-refractivity contribution in [2.45, 2.75) is 107 Å². The van der Waals surface area contributed by atoms with E-state index in [1.807, 2.05) is 0 Å². The van der Waals surface area contributed by atoms with Gasteiger partial charge in [-0.1, -0.05) is 148 Å². The van der Waals surface area contributed by atoms with Gasteiger partial charge >= 0.3 is 0 Å². The van der Waals surface area contributed by atoms with Crippen molar-refractivity contribution in [3.8, 4) is 0 Å². The minimum absolute atomic E-state index is 0.00691. The van der Waals surface area contributed by atoms with E-state index in [1.54, 1.807) is 0 Å². The van der Waals surface area contributed by atoms with Gasteiger partial charge in [0.1, 0.15) is 0 Å². The topological polar surface area (TPSA) is 40.5 Å². The normalized spacial score (nSPS) is 28.5. The van der Waals surface area contributed by atoms with Gasteiger partial charge in [0.05, 0.1) is 12.2 Å². The van der Waals surface area contributed by atoms with Crippen molar-refractivity contribution < 1.29 is 10.2 Å². The molecule has 1 fully saturated rings. The summed E-state index contributed by atoms with van der Waals surface area (Å²) in [5.41, 5.74) is 7.60. The van der Waals surface area contributed by atoms with Crippen LogP contribution in [0.4, 0.5) is 0 Å². The Balaban J connectivity index is 1.88. The van der Waals surface area contributed by atoms with Gasteiger partial charge in [-0.05, 0) is 88.5 Å². The van der Waals surface area contributed by atoms with Crippen molar-refractivity contribution in [1.82, 2.24) is 0 Å². The fourth-order valence-electron chi connectivity index (χ4n) is 6.61. The molecule has 0 spiro atoms. The molecule has 0 aromatic carbocycles. The minimum Gasteiger partial charge on any atom is -0.393 e. The minimum atomic E-state index is -0.225. The van der Waals surface area contributed by atoms with Gasteiger partial charge < -0.3 is 10.2 Å². The van der Waals surface area contributed by atoms with Gasteiger partial charge in [0.15, 0.2) is 0 Å². The highest BCUT2D eigenvalue weighted by atomic mass is 16.3. The molecule has 2 nitrogen and oxygen atoms in total. The van der Waals surface area contributed by atoms with Gasteiger partial charge in [0.2, 0.25) is 0 Å². The van der Waals surface area contributed by atoms with Crippen LogP contribution in [-0.4, -0.2) is 22.4 Å². The summed E-state index contributed by atoms with van der Waals surface area (Å²) < 4.78 is 0. The van der Waals surface area contributed by atoms with Crippen molar-refractivity contribution in [2.75, 3.05) is 0 Å². The summed E-state index contributed by atoms with van der Waals surface area (Å²) in [6.07, 6.45) is 33.1. The third-order valence-corrected chi connectivity index (χ3v) is 8.74. The van der Waals surface area contributed by atoms with Gasteiger partial charge in [-0.3, -0.25) is 0 Å². The summed E-state index contributed by atoms with van der Waals surface area (Å²) in [6, 6.07) is 0. The number of hydrogen-bond donors (Lipinski definition) is 2. The Morgan fingerprint density at radius 3 is 1.71 bits per heavy atom. The molecule has 1 saturated carbocycles. The van der Waals surface area contributed by atoms with E-state index >= 15 is 0 Å². The molecular weight excluding hydrogens is 512 g/mol. The van der Waals surface area contributed by atoms with E-state index in [0.717, 1.165) is 25.7 Å². The number of rotatable bonds is 10.